The lowest BCUT2D eigenvalue weighted by atomic mass is 9.76. The molecular weight excluding hydrogens is 303 g/mol. The first kappa shape index (κ1) is 14.3. The van der Waals surface area contributed by atoms with Crippen LogP contribution in [0.2, 0.25) is 10.0 Å². The number of nitriles is 1. The fraction of sp³-hybridized carbons (Fsp3) is 0.235. The van der Waals surface area contributed by atoms with E-state index in [1.807, 2.05) is 30.3 Å². The van der Waals surface area contributed by atoms with Crippen LogP contribution in [0.15, 0.2) is 42.5 Å². The molecule has 2 aromatic carbocycles. The zero-order valence-electron chi connectivity index (χ0n) is 11.3. The van der Waals surface area contributed by atoms with E-state index in [9.17, 15) is 0 Å². The van der Waals surface area contributed by atoms with Crippen molar-refractivity contribution in [2.45, 2.75) is 24.8 Å². The summed E-state index contributed by atoms with van der Waals surface area (Å²) in [6.45, 7) is 0. The van der Waals surface area contributed by atoms with Crippen LogP contribution in [0.5, 0.6) is 0 Å². The maximum atomic E-state index is 8.87. The first-order chi connectivity index (χ1) is 10.2. The maximum Gasteiger partial charge on any atom is 0.101 e. The molecule has 4 heteroatoms. The number of halogens is 2. The van der Waals surface area contributed by atoms with Gasteiger partial charge in [0.2, 0.25) is 0 Å². The smallest absolute Gasteiger partial charge is 0.101 e. The van der Waals surface area contributed by atoms with Gasteiger partial charge in [-0.15, -0.1) is 0 Å². The number of nitrogens with zero attached hydrogens (tertiary/aromatic N) is 1. The summed E-state index contributed by atoms with van der Waals surface area (Å²) in [5.41, 5.74) is 2.70. The predicted molar refractivity (Wildman–Crippen MR) is 87.0 cm³/mol. The normalized spacial score (nSPS) is 20.4. The van der Waals surface area contributed by atoms with Crippen molar-refractivity contribution in [2.24, 2.45) is 0 Å². The molecule has 1 saturated carbocycles. The van der Waals surface area contributed by atoms with Gasteiger partial charge in [0.15, 0.2) is 0 Å². The van der Waals surface area contributed by atoms with E-state index in [0.717, 1.165) is 23.6 Å². The van der Waals surface area contributed by atoms with Crippen LogP contribution in [-0.2, 0) is 0 Å². The minimum absolute atomic E-state index is 0.426. The fourth-order valence-corrected chi connectivity index (χ4v) is 3.24. The maximum absolute atomic E-state index is 8.87. The Bertz CT molecular complexity index is 700. The number of anilines is 1. The van der Waals surface area contributed by atoms with Crippen LogP contribution >= 0.6 is 23.2 Å². The van der Waals surface area contributed by atoms with E-state index in [4.69, 9.17) is 28.5 Å². The Morgan fingerprint density at radius 1 is 1.05 bits per heavy atom. The number of hydrogen-bond acceptors (Lipinski definition) is 2. The van der Waals surface area contributed by atoms with Crippen molar-refractivity contribution in [3.8, 4) is 6.07 Å². The standard InChI is InChI=1S/C17H14Cl2N2/c18-16-4-2-1-3-15(16)12-7-14(8-12)21-13-6-5-11(10-20)17(19)9-13/h1-6,9,12,14,21H,7-8H2. The molecule has 0 radical (unpaired) electrons. The highest BCUT2D eigenvalue weighted by Crippen LogP contribution is 2.41. The van der Waals surface area contributed by atoms with E-state index in [2.05, 4.69) is 17.5 Å². The van der Waals surface area contributed by atoms with Gasteiger partial charge in [-0.1, -0.05) is 41.4 Å². The van der Waals surface area contributed by atoms with Gasteiger partial charge in [-0.05, 0) is 48.6 Å². The zero-order chi connectivity index (χ0) is 14.8. The molecule has 0 atom stereocenters. The lowest BCUT2D eigenvalue weighted by Gasteiger charge is -2.37. The molecule has 0 spiro atoms. The van der Waals surface area contributed by atoms with Gasteiger partial charge in [-0.25, -0.2) is 0 Å². The van der Waals surface area contributed by atoms with E-state index >= 15 is 0 Å². The number of hydrogen-bond donors (Lipinski definition) is 1. The summed E-state index contributed by atoms with van der Waals surface area (Å²) in [6, 6.07) is 16.0. The largest absolute Gasteiger partial charge is 0.382 e. The third-order valence-electron chi connectivity index (χ3n) is 3.94. The summed E-state index contributed by atoms with van der Waals surface area (Å²) in [7, 11) is 0. The Balaban J connectivity index is 1.62. The molecule has 0 unspecified atom stereocenters. The van der Waals surface area contributed by atoms with Gasteiger partial charge in [0.25, 0.3) is 0 Å². The van der Waals surface area contributed by atoms with E-state index in [-0.39, 0.29) is 0 Å². The average Bonchev–Trinajstić information content (AvgIpc) is 2.44. The van der Waals surface area contributed by atoms with Gasteiger partial charge in [-0.3, -0.25) is 0 Å². The van der Waals surface area contributed by atoms with E-state index < -0.39 is 0 Å². The SMILES string of the molecule is N#Cc1ccc(NC2CC(c3ccccc3Cl)C2)cc1Cl. The van der Waals surface area contributed by atoms with Gasteiger partial charge in [-0.2, -0.15) is 5.26 Å². The van der Waals surface area contributed by atoms with Crippen molar-refractivity contribution in [1.29, 1.82) is 5.26 Å². The number of benzene rings is 2. The third-order valence-corrected chi connectivity index (χ3v) is 4.60. The Morgan fingerprint density at radius 2 is 1.81 bits per heavy atom. The van der Waals surface area contributed by atoms with Crippen molar-refractivity contribution in [1.82, 2.24) is 0 Å². The van der Waals surface area contributed by atoms with Crippen LogP contribution in [0.1, 0.15) is 29.9 Å². The first-order valence-electron chi connectivity index (χ1n) is 6.88. The van der Waals surface area contributed by atoms with Crippen LogP contribution in [0.4, 0.5) is 5.69 Å². The molecule has 1 N–H and O–H groups in total. The molecule has 106 valence electrons. The predicted octanol–water partition coefficient (Wildman–Crippen LogP) is 5.22. The van der Waals surface area contributed by atoms with Crippen molar-refractivity contribution >= 4 is 28.9 Å². The van der Waals surface area contributed by atoms with Crippen molar-refractivity contribution < 1.29 is 0 Å². The Kier molecular flexibility index (Phi) is 4.05. The summed E-state index contributed by atoms with van der Waals surface area (Å²) < 4.78 is 0. The minimum atomic E-state index is 0.426. The molecule has 1 aliphatic rings. The molecule has 0 saturated heterocycles. The molecule has 1 fully saturated rings. The second-order valence-corrected chi connectivity index (χ2v) is 6.15. The Morgan fingerprint density at radius 3 is 2.48 bits per heavy atom. The summed E-state index contributed by atoms with van der Waals surface area (Å²) >= 11 is 12.3. The molecule has 21 heavy (non-hydrogen) atoms. The zero-order valence-corrected chi connectivity index (χ0v) is 12.8. The molecule has 0 amide bonds. The number of nitrogens with one attached hydrogen (secondary N) is 1. The van der Waals surface area contributed by atoms with E-state index in [1.165, 1.54) is 5.56 Å². The Hall–Kier alpha value is -1.69. The van der Waals surface area contributed by atoms with Crippen LogP contribution in [0.25, 0.3) is 0 Å². The molecular formula is C17H14Cl2N2. The fourth-order valence-electron chi connectivity index (χ4n) is 2.73. The molecule has 2 aromatic rings. The first-order valence-corrected chi connectivity index (χ1v) is 7.63. The van der Waals surface area contributed by atoms with Crippen LogP contribution in [0.3, 0.4) is 0 Å². The monoisotopic (exact) mass is 316 g/mol. The quantitative estimate of drug-likeness (QED) is 0.842. The highest BCUT2D eigenvalue weighted by molar-refractivity contribution is 6.32. The Labute approximate surface area is 134 Å². The van der Waals surface area contributed by atoms with Crippen molar-refractivity contribution in [3.63, 3.8) is 0 Å². The molecule has 2 nitrogen and oxygen atoms in total. The molecule has 0 aliphatic heterocycles. The van der Waals surface area contributed by atoms with Gasteiger partial charge in [0, 0.05) is 16.8 Å². The van der Waals surface area contributed by atoms with E-state index in [0.29, 0.717) is 22.5 Å². The number of rotatable bonds is 3. The summed E-state index contributed by atoms with van der Waals surface area (Å²) in [5.74, 6) is 0.519. The van der Waals surface area contributed by atoms with Gasteiger partial charge in [0.1, 0.15) is 6.07 Å². The summed E-state index contributed by atoms with van der Waals surface area (Å²) in [6.07, 6.45) is 2.11. The average molecular weight is 317 g/mol. The van der Waals surface area contributed by atoms with Crippen molar-refractivity contribution in [3.05, 3.63) is 63.6 Å². The van der Waals surface area contributed by atoms with Crippen LogP contribution in [0, 0.1) is 11.3 Å². The lowest BCUT2D eigenvalue weighted by Crippen LogP contribution is -2.34. The van der Waals surface area contributed by atoms with E-state index in [1.54, 1.807) is 6.07 Å². The highest BCUT2D eigenvalue weighted by atomic mass is 35.5. The highest BCUT2D eigenvalue weighted by Gasteiger charge is 2.31. The lowest BCUT2D eigenvalue weighted by molar-refractivity contribution is 0.374. The molecule has 1 aliphatic carbocycles. The second kappa shape index (κ2) is 5.97. The topological polar surface area (TPSA) is 35.8 Å². The van der Waals surface area contributed by atoms with Crippen LogP contribution in [-0.4, -0.2) is 6.04 Å². The summed E-state index contributed by atoms with van der Waals surface area (Å²) in [4.78, 5) is 0. The van der Waals surface area contributed by atoms with Gasteiger partial charge in [0.05, 0.1) is 10.6 Å². The van der Waals surface area contributed by atoms with Crippen molar-refractivity contribution in [2.75, 3.05) is 5.32 Å². The second-order valence-electron chi connectivity index (χ2n) is 5.34. The van der Waals surface area contributed by atoms with Crippen LogP contribution < -0.4 is 5.32 Å². The van der Waals surface area contributed by atoms with Gasteiger partial charge >= 0.3 is 0 Å². The summed E-state index contributed by atoms with van der Waals surface area (Å²) in [5, 5.41) is 13.7. The molecule has 3 rings (SSSR count). The molecule has 0 aromatic heterocycles. The van der Waals surface area contributed by atoms with Gasteiger partial charge < -0.3 is 5.32 Å². The minimum Gasteiger partial charge on any atom is -0.382 e. The molecule has 0 heterocycles. The third kappa shape index (κ3) is 3.00. The molecule has 0 bridgehead atoms.